The number of hydrogen-bond donors (Lipinski definition) is 0. The van der Waals surface area contributed by atoms with Crippen LogP contribution in [0.25, 0.3) is 0 Å². The molecule has 0 aromatic heterocycles. The lowest BCUT2D eigenvalue weighted by atomic mass is 9.91. The minimum atomic E-state index is -0.334. The molecule has 1 saturated heterocycles. The van der Waals surface area contributed by atoms with Gasteiger partial charge in [0.1, 0.15) is 23.8 Å². The maximum atomic E-state index is 13.5. The summed E-state index contributed by atoms with van der Waals surface area (Å²) >= 11 is 0. The number of carbonyl (C=O) groups excluding carboxylic acids is 1. The zero-order valence-electron chi connectivity index (χ0n) is 15.1. The number of likely N-dealkylation sites (tertiary alicyclic amines) is 1. The summed E-state index contributed by atoms with van der Waals surface area (Å²) < 4.78 is 32.5. The Morgan fingerprint density at radius 3 is 1.96 bits per heavy atom. The first-order chi connectivity index (χ1) is 13.1. The van der Waals surface area contributed by atoms with Crippen molar-refractivity contribution in [3.8, 4) is 0 Å². The molecule has 0 bridgehead atoms. The van der Waals surface area contributed by atoms with Crippen LogP contribution in [-0.4, -0.2) is 29.6 Å². The predicted octanol–water partition coefficient (Wildman–Crippen LogP) is 4.61. The Morgan fingerprint density at radius 1 is 0.889 bits per heavy atom. The number of hydrogen-bond acceptors (Lipinski definition) is 3. The van der Waals surface area contributed by atoms with Gasteiger partial charge in [-0.15, -0.1) is 0 Å². The van der Waals surface area contributed by atoms with E-state index in [0.717, 1.165) is 49.8 Å². The fourth-order valence-corrected chi connectivity index (χ4v) is 3.81. The number of nitrogens with zero attached hydrogens (tertiary/aromatic N) is 1. The molecule has 1 unspecified atom stereocenters. The lowest BCUT2D eigenvalue weighted by Crippen LogP contribution is -2.47. The SMILES string of the molecule is O=C(OC1CC1)C1CCCCN1C(c1ccc(F)cc1)c1ccc(F)cc1. The van der Waals surface area contributed by atoms with Crippen molar-refractivity contribution in [1.82, 2.24) is 4.90 Å². The molecule has 5 heteroatoms. The van der Waals surface area contributed by atoms with E-state index in [2.05, 4.69) is 4.90 Å². The molecule has 0 N–H and O–H groups in total. The van der Waals surface area contributed by atoms with Crippen LogP contribution < -0.4 is 0 Å². The molecule has 2 fully saturated rings. The quantitative estimate of drug-likeness (QED) is 0.719. The van der Waals surface area contributed by atoms with Gasteiger partial charge in [-0.25, -0.2) is 8.78 Å². The number of benzene rings is 2. The van der Waals surface area contributed by atoms with Gasteiger partial charge >= 0.3 is 5.97 Å². The normalized spacial score (nSPS) is 20.6. The van der Waals surface area contributed by atoms with Crippen molar-refractivity contribution in [1.29, 1.82) is 0 Å². The van der Waals surface area contributed by atoms with E-state index in [0.29, 0.717) is 0 Å². The van der Waals surface area contributed by atoms with Gasteiger partial charge in [0.05, 0.1) is 6.04 Å². The summed E-state index contributed by atoms with van der Waals surface area (Å²) in [6.07, 6.45) is 4.64. The van der Waals surface area contributed by atoms with Gasteiger partial charge in [-0.1, -0.05) is 30.7 Å². The monoisotopic (exact) mass is 371 g/mol. The van der Waals surface area contributed by atoms with E-state index in [1.807, 2.05) is 0 Å². The van der Waals surface area contributed by atoms with Crippen molar-refractivity contribution < 1.29 is 18.3 Å². The van der Waals surface area contributed by atoms with E-state index in [9.17, 15) is 13.6 Å². The molecule has 1 atom stereocenters. The highest BCUT2D eigenvalue weighted by Gasteiger charge is 2.38. The summed E-state index contributed by atoms with van der Waals surface area (Å²) in [5.41, 5.74) is 1.77. The maximum absolute atomic E-state index is 13.5. The molecule has 0 spiro atoms. The van der Waals surface area contributed by atoms with E-state index < -0.39 is 0 Å². The highest BCUT2D eigenvalue weighted by molar-refractivity contribution is 5.76. The first kappa shape index (κ1) is 18.1. The van der Waals surface area contributed by atoms with E-state index in [1.165, 1.54) is 24.3 Å². The van der Waals surface area contributed by atoms with Gasteiger partial charge in [0.25, 0.3) is 0 Å². The smallest absolute Gasteiger partial charge is 0.323 e. The van der Waals surface area contributed by atoms with Crippen molar-refractivity contribution in [2.45, 2.75) is 50.3 Å². The molecule has 0 radical (unpaired) electrons. The molecule has 142 valence electrons. The molecule has 2 aliphatic rings. The van der Waals surface area contributed by atoms with Crippen molar-refractivity contribution in [2.24, 2.45) is 0 Å². The van der Waals surface area contributed by atoms with E-state index >= 15 is 0 Å². The average molecular weight is 371 g/mol. The predicted molar refractivity (Wildman–Crippen MR) is 98.1 cm³/mol. The van der Waals surface area contributed by atoms with E-state index in [1.54, 1.807) is 24.3 Å². The van der Waals surface area contributed by atoms with Gasteiger partial charge in [-0.05, 0) is 67.6 Å². The van der Waals surface area contributed by atoms with Gasteiger partial charge in [0, 0.05) is 0 Å². The average Bonchev–Trinajstić information content (AvgIpc) is 3.49. The Labute approximate surface area is 157 Å². The second-order valence-corrected chi connectivity index (χ2v) is 7.39. The van der Waals surface area contributed by atoms with Crippen LogP contribution in [0.1, 0.15) is 49.3 Å². The van der Waals surface area contributed by atoms with E-state index in [-0.39, 0.29) is 35.8 Å². The molecule has 1 aliphatic heterocycles. The molecular weight excluding hydrogens is 348 g/mol. The number of rotatable bonds is 5. The van der Waals surface area contributed by atoms with E-state index in [4.69, 9.17) is 4.74 Å². The van der Waals surface area contributed by atoms with Crippen molar-refractivity contribution in [3.05, 3.63) is 71.3 Å². The van der Waals surface area contributed by atoms with Crippen LogP contribution in [-0.2, 0) is 9.53 Å². The minimum Gasteiger partial charge on any atom is -0.461 e. The number of piperidine rings is 1. The highest BCUT2D eigenvalue weighted by Crippen LogP contribution is 2.35. The topological polar surface area (TPSA) is 29.5 Å². The summed E-state index contributed by atoms with van der Waals surface area (Å²) in [6.45, 7) is 0.740. The van der Waals surface area contributed by atoms with Crippen LogP contribution in [0.2, 0.25) is 0 Å². The van der Waals surface area contributed by atoms with Crippen LogP contribution in [0.3, 0.4) is 0 Å². The Morgan fingerprint density at radius 2 is 1.44 bits per heavy atom. The van der Waals surface area contributed by atoms with Crippen molar-refractivity contribution in [2.75, 3.05) is 6.54 Å². The molecular formula is C22H23F2NO2. The molecule has 4 rings (SSSR count). The Bertz CT molecular complexity index is 741. The molecule has 2 aromatic carbocycles. The van der Waals surface area contributed by atoms with Gasteiger partial charge < -0.3 is 4.74 Å². The molecule has 2 aromatic rings. The summed E-state index contributed by atoms with van der Waals surface area (Å²) in [4.78, 5) is 14.9. The zero-order valence-corrected chi connectivity index (χ0v) is 15.1. The van der Waals surface area contributed by atoms with Gasteiger partial charge in [0.2, 0.25) is 0 Å². The Hall–Kier alpha value is -2.27. The summed E-state index contributed by atoms with van der Waals surface area (Å²) in [6, 6.07) is 12.1. The maximum Gasteiger partial charge on any atom is 0.323 e. The molecule has 1 aliphatic carbocycles. The number of ether oxygens (including phenoxy) is 1. The van der Waals surface area contributed by atoms with Crippen LogP contribution in [0.5, 0.6) is 0 Å². The third-order valence-corrected chi connectivity index (χ3v) is 5.33. The van der Waals surface area contributed by atoms with Gasteiger partial charge in [-0.3, -0.25) is 9.69 Å². The summed E-state index contributed by atoms with van der Waals surface area (Å²) in [5, 5.41) is 0. The van der Waals surface area contributed by atoms with Crippen molar-refractivity contribution >= 4 is 5.97 Å². The van der Waals surface area contributed by atoms with Crippen molar-refractivity contribution in [3.63, 3.8) is 0 Å². The molecule has 0 amide bonds. The van der Waals surface area contributed by atoms with Gasteiger partial charge in [0.15, 0.2) is 0 Å². The fourth-order valence-electron chi connectivity index (χ4n) is 3.81. The molecule has 27 heavy (non-hydrogen) atoms. The second kappa shape index (κ2) is 7.77. The standard InChI is InChI=1S/C22H23F2NO2/c23-17-8-4-15(5-9-17)21(16-6-10-18(24)11-7-16)25-14-2-1-3-20(25)22(26)27-19-12-13-19/h4-11,19-21H,1-3,12-14H2. The minimum absolute atomic E-state index is 0.0661. The first-order valence-corrected chi connectivity index (χ1v) is 9.59. The van der Waals surface area contributed by atoms with Crippen LogP contribution in [0.4, 0.5) is 8.78 Å². The lowest BCUT2D eigenvalue weighted by Gasteiger charge is -2.40. The number of halogens is 2. The first-order valence-electron chi connectivity index (χ1n) is 9.59. The fraction of sp³-hybridized carbons (Fsp3) is 0.409. The summed E-state index contributed by atoms with van der Waals surface area (Å²) in [7, 11) is 0. The third-order valence-electron chi connectivity index (χ3n) is 5.33. The summed E-state index contributed by atoms with van der Waals surface area (Å²) in [5.74, 6) is -0.786. The molecule has 1 heterocycles. The zero-order chi connectivity index (χ0) is 18.8. The Kier molecular flexibility index (Phi) is 5.21. The highest BCUT2D eigenvalue weighted by atomic mass is 19.1. The Balaban J connectivity index is 1.69. The number of esters is 1. The molecule has 1 saturated carbocycles. The van der Waals surface area contributed by atoms with Crippen LogP contribution >= 0.6 is 0 Å². The number of carbonyl (C=O) groups is 1. The second-order valence-electron chi connectivity index (χ2n) is 7.39. The largest absolute Gasteiger partial charge is 0.461 e. The van der Waals surface area contributed by atoms with Crippen LogP contribution in [0.15, 0.2) is 48.5 Å². The van der Waals surface area contributed by atoms with Gasteiger partial charge in [-0.2, -0.15) is 0 Å². The van der Waals surface area contributed by atoms with Crippen LogP contribution in [0, 0.1) is 11.6 Å². The third kappa shape index (κ3) is 4.19. The lowest BCUT2D eigenvalue weighted by molar-refractivity contribution is -0.153. The molecule has 3 nitrogen and oxygen atoms in total.